The molecule has 162 valence electrons. The molecule has 0 aliphatic heterocycles. The van der Waals surface area contributed by atoms with Crippen molar-refractivity contribution in [1.82, 2.24) is 25.5 Å². The number of hydrogen-bond acceptors (Lipinski definition) is 6. The van der Waals surface area contributed by atoms with Gasteiger partial charge in [-0.1, -0.05) is 18.2 Å². The van der Waals surface area contributed by atoms with Crippen LogP contribution >= 0.6 is 11.3 Å². The predicted molar refractivity (Wildman–Crippen MR) is 128 cm³/mol. The first kappa shape index (κ1) is 20.7. The van der Waals surface area contributed by atoms with Crippen LogP contribution in [0, 0.1) is 0 Å². The number of fused-ring (bicyclic) bond motifs is 1. The Labute approximate surface area is 193 Å². The number of carbonyl (C=O) groups excluding carboxylic acids is 2. The van der Waals surface area contributed by atoms with E-state index in [4.69, 9.17) is 0 Å². The highest BCUT2D eigenvalue weighted by atomic mass is 32.1. The largest absolute Gasteiger partial charge is 0.345 e. The molecule has 0 unspecified atom stereocenters. The summed E-state index contributed by atoms with van der Waals surface area (Å²) in [6, 6.07) is 17.3. The van der Waals surface area contributed by atoms with E-state index >= 15 is 0 Å². The average molecular weight is 454 g/mol. The summed E-state index contributed by atoms with van der Waals surface area (Å²) in [5.41, 5.74) is 5.33. The Bertz CT molecular complexity index is 1440. The van der Waals surface area contributed by atoms with Crippen LogP contribution in [0.3, 0.4) is 0 Å². The zero-order valence-electron chi connectivity index (χ0n) is 17.5. The number of rotatable bonds is 7. The maximum Gasteiger partial charge on any atom is 0.251 e. The summed E-state index contributed by atoms with van der Waals surface area (Å²) in [5, 5.41) is 13.0. The minimum absolute atomic E-state index is 0.0469. The normalized spacial score (nSPS) is 10.9. The molecule has 0 atom stereocenters. The van der Waals surface area contributed by atoms with Crippen molar-refractivity contribution in [1.29, 1.82) is 0 Å². The number of amides is 1. The smallest absolute Gasteiger partial charge is 0.251 e. The SMILES string of the molecule is O=C(CNC(=O)c1ccc2[nH]ncc2c1)Cc1nc(-c2cccc(-c3ccncc3)c2)cs1. The van der Waals surface area contributed by atoms with Crippen molar-refractivity contribution >= 4 is 33.9 Å². The van der Waals surface area contributed by atoms with Crippen LogP contribution in [-0.4, -0.2) is 38.4 Å². The van der Waals surface area contributed by atoms with Crippen LogP contribution in [-0.2, 0) is 11.2 Å². The second-order valence-corrected chi connectivity index (χ2v) is 8.46. The number of nitrogens with one attached hydrogen (secondary N) is 2. The quantitative estimate of drug-likeness (QED) is 0.383. The average Bonchev–Trinajstić information content (AvgIpc) is 3.52. The second-order valence-electron chi connectivity index (χ2n) is 7.51. The van der Waals surface area contributed by atoms with Gasteiger partial charge in [0.25, 0.3) is 5.91 Å². The Kier molecular flexibility index (Phi) is 5.73. The minimum Gasteiger partial charge on any atom is -0.345 e. The van der Waals surface area contributed by atoms with E-state index < -0.39 is 0 Å². The molecule has 3 heterocycles. The summed E-state index contributed by atoms with van der Waals surface area (Å²) in [6.07, 6.45) is 5.37. The molecule has 0 saturated heterocycles. The molecule has 33 heavy (non-hydrogen) atoms. The number of hydrogen-bond donors (Lipinski definition) is 2. The summed E-state index contributed by atoms with van der Waals surface area (Å²) in [5.74, 6) is -0.390. The summed E-state index contributed by atoms with van der Waals surface area (Å²) in [4.78, 5) is 33.5. The molecule has 0 bridgehead atoms. The van der Waals surface area contributed by atoms with Crippen LogP contribution in [0.15, 0.2) is 78.6 Å². The summed E-state index contributed by atoms with van der Waals surface area (Å²) in [7, 11) is 0. The van der Waals surface area contributed by atoms with Gasteiger partial charge in [0, 0.05) is 34.3 Å². The highest BCUT2D eigenvalue weighted by molar-refractivity contribution is 7.10. The van der Waals surface area contributed by atoms with Gasteiger partial charge >= 0.3 is 0 Å². The van der Waals surface area contributed by atoms with Crippen molar-refractivity contribution in [3.8, 4) is 22.4 Å². The summed E-state index contributed by atoms with van der Waals surface area (Å²) in [6.45, 7) is -0.0469. The van der Waals surface area contributed by atoms with Crippen molar-refractivity contribution in [3.63, 3.8) is 0 Å². The van der Waals surface area contributed by atoms with Crippen molar-refractivity contribution in [3.05, 3.63) is 89.1 Å². The molecular weight excluding hydrogens is 434 g/mol. The Morgan fingerprint density at radius 1 is 0.970 bits per heavy atom. The number of H-pyrrole nitrogens is 1. The molecule has 0 aliphatic carbocycles. The van der Waals surface area contributed by atoms with E-state index in [1.165, 1.54) is 11.3 Å². The van der Waals surface area contributed by atoms with Gasteiger partial charge in [0.1, 0.15) is 5.01 Å². The number of benzene rings is 2. The van der Waals surface area contributed by atoms with E-state index in [1.807, 2.05) is 35.7 Å². The fourth-order valence-corrected chi connectivity index (χ4v) is 4.35. The Balaban J connectivity index is 1.21. The van der Waals surface area contributed by atoms with Gasteiger partial charge in [-0.05, 0) is 47.5 Å². The van der Waals surface area contributed by atoms with Gasteiger partial charge in [-0.2, -0.15) is 5.10 Å². The number of aromatic nitrogens is 4. The van der Waals surface area contributed by atoms with Gasteiger partial charge in [0.2, 0.25) is 0 Å². The van der Waals surface area contributed by atoms with Gasteiger partial charge < -0.3 is 5.32 Å². The molecule has 1 amide bonds. The lowest BCUT2D eigenvalue weighted by Gasteiger charge is -2.04. The fourth-order valence-electron chi connectivity index (χ4n) is 3.52. The topological polar surface area (TPSA) is 101 Å². The molecule has 5 rings (SSSR count). The molecule has 0 spiro atoms. The lowest BCUT2D eigenvalue weighted by Crippen LogP contribution is -2.30. The van der Waals surface area contributed by atoms with Crippen LogP contribution in [0.25, 0.3) is 33.3 Å². The number of carbonyl (C=O) groups is 2. The van der Waals surface area contributed by atoms with E-state index in [9.17, 15) is 9.59 Å². The van der Waals surface area contributed by atoms with E-state index in [0.29, 0.717) is 5.56 Å². The zero-order valence-corrected chi connectivity index (χ0v) is 18.3. The minimum atomic E-state index is -0.292. The molecule has 0 aliphatic rings. The predicted octanol–water partition coefficient (Wildman–Crippen LogP) is 4.29. The number of aromatic amines is 1. The standard InChI is InChI=1S/C25H19N5O2S/c31-21(14-27-25(32)19-4-5-22-20(11-19)13-28-30-22)12-24-29-23(15-33-24)18-3-1-2-17(10-18)16-6-8-26-9-7-16/h1-11,13,15H,12,14H2,(H,27,32)(H,28,30). The molecule has 2 aromatic carbocycles. The van der Waals surface area contributed by atoms with Gasteiger partial charge in [0.15, 0.2) is 5.78 Å². The van der Waals surface area contributed by atoms with Gasteiger partial charge in [0.05, 0.1) is 30.4 Å². The maximum absolute atomic E-state index is 12.4. The van der Waals surface area contributed by atoms with E-state index in [-0.39, 0.29) is 24.7 Å². The van der Waals surface area contributed by atoms with E-state index in [1.54, 1.807) is 36.8 Å². The maximum atomic E-state index is 12.4. The molecule has 7 nitrogen and oxygen atoms in total. The molecule has 0 radical (unpaired) electrons. The molecule has 0 fully saturated rings. The van der Waals surface area contributed by atoms with Crippen LogP contribution in [0.5, 0.6) is 0 Å². The lowest BCUT2D eigenvalue weighted by molar-refractivity contribution is -0.117. The number of Topliss-reactive ketones (excluding diaryl/α,β-unsaturated/α-hetero) is 1. The first-order valence-corrected chi connectivity index (χ1v) is 11.2. The van der Waals surface area contributed by atoms with Crippen molar-refractivity contribution in [2.24, 2.45) is 0 Å². The fraction of sp³-hybridized carbons (Fsp3) is 0.0800. The Morgan fingerprint density at radius 2 is 1.82 bits per heavy atom. The Morgan fingerprint density at radius 3 is 2.70 bits per heavy atom. The van der Waals surface area contributed by atoms with Gasteiger partial charge in [-0.3, -0.25) is 19.7 Å². The Hall–Kier alpha value is -4.17. The van der Waals surface area contributed by atoms with E-state index in [2.05, 4.69) is 31.5 Å². The van der Waals surface area contributed by atoms with Crippen molar-refractivity contribution in [2.45, 2.75) is 6.42 Å². The third-order valence-corrected chi connectivity index (χ3v) is 6.07. The molecule has 2 N–H and O–H groups in total. The first-order valence-electron chi connectivity index (χ1n) is 10.3. The first-order chi connectivity index (χ1) is 16.2. The summed E-state index contributed by atoms with van der Waals surface area (Å²) >= 11 is 1.44. The van der Waals surface area contributed by atoms with E-state index in [0.717, 1.165) is 38.3 Å². The van der Waals surface area contributed by atoms with Gasteiger partial charge in [-0.15, -0.1) is 11.3 Å². The van der Waals surface area contributed by atoms with Crippen LogP contribution < -0.4 is 5.32 Å². The highest BCUT2D eigenvalue weighted by Gasteiger charge is 2.13. The molecule has 0 saturated carbocycles. The summed E-state index contributed by atoms with van der Waals surface area (Å²) < 4.78 is 0. The zero-order chi connectivity index (χ0) is 22.6. The molecule has 8 heteroatoms. The molecular formula is C25H19N5O2S. The lowest BCUT2D eigenvalue weighted by atomic mass is 10.0. The van der Waals surface area contributed by atoms with Crippen molar-refractivity contribution in [2.75, 3.05) is 6.54 Å². The number of ketones is 1. The van der Waals surface area contributed by atoms with Crippen LogP contribution in [0.2, 0.25) is 0 Å². The monoisotopic (exact) mass is 453 g/mol. The van der Waals surface area contributed by atoms with Crippen molar-refractivity contribution < 1.29 is 9.59 Å². The van der Waals surface area contributed by atoms with Crippen LogP contribution in [0.4, 0.5) is 0 Å². The number of thiazole rings is 1. The number of nitrogens with zero attached hydrogens (tertiary/aromatic N) is 3. The van der Waals surface area contributed by atoms with Crippen LogP contribution in [0.1, 0.15) is 15.4 Å². The third-order valence-electron chi connectivity index (χ3n) is 5.22. The van der Waals surface area contributed by atoms with Gasteiger partial charge in [-0.25, -0.2) is 4.98 Å². The third kappa shape index (κ3) is 4.70. The molecule has 3 aromatic heterocycles. The molecule has 5 aromatic rings. The highest BCUT2D eigenvalue weighted by Crippen LogP contribution is 2.27. The second kappa shape index (κ2) is 9.13. The number of pyridine rings is 1.